The average Bonchev–Trinajstić information content (AvgIpc) is 2.41. The molecule has 1 saturated heterocycles. The first-order valence-electron chi connectivity index (χ1n) is 7.58. The van der Waals surface area contributed by atoms with Crippen LogP contribution in [0.3, 0.4) is 0 Å². The fourth-order valence-corrected chi connectivity index (χ4v) is 3.34. The van der Waals surface area contributed by atoms with Crippen LogP contribution < -0.4 is 5.32 Å². The Kier molecular flexibility index (Phi) is 5.00. The molecule has 1 heterocycles. The van der Waals surface area contributed by atoms with Crippen LogP contribution in [0.1, 0.15) is 32.3 Å². The van der Waals surface area contributed by atoms with Gasteiger partial charge in [-0.2, -0.15) is 0 Å². The van der Waals surface area contributed by atoms with Crippen molar-refractivity contribution in [3.05, 3.63) is 35.9 Å². The molecule has 0 spiro atoms. The minimum Gasteiger partial charge on any atom is -0.319 e. The number of rotatable bonds is 5. The van der Waals surface area contributed by atoms with E-state index in [1.165, 1.54) is 31.5 Å². The zero-order chi connectivity index (χ0) is 13.7. The summed E-state index contributed by atoms with van der Waals surface area (Å²) in [6.07, 6.45) is 3.86. The van der Waals surface area contributed by atoms with Crippen LogP contribution in [0.2, 0.25) is 0 Å². The minimum absolute atomic E-state index is 0.316. The van der Waals surface area contributed by atoms with Crippen molar-refractivity contribution in [3.63, 3.8) is 0 Å². The number of piperidine rings is 1. The van der Waals surface area contributed by atoms with Gasteiger partial charge in [0.25, 0.3) is 0 Å². The Morgan fingerprint density at radius 3 is 2.68 bits per heavy atom. The molecule has 19 heavy (non-hydrogen) atoms. The Labute approximate surface area is 118 Å². The van der Waals surface area contributed by atoms with Crippen molar-refractivity contribution in [2.45, 2.75) is 38.6 Å². The summed E-state index contributed by atoms with van der Waals surface area (Å²) in [6, 6.07) is 10.8. The maximum atomic E-state index is 3.36. The first-order valence-corrected chi connectivity index (χ1v) is 7.58. The fraction of sp³-hybridized carbons (Fsp3) is 0.647. The van der Waals surface area contributed by atoms with Crippen LogP contribution in [-0.2, 0) is 6.42 Å². The fourth-order valence-electron chi connectivity index (χ4n) is 3.34. The third kappa shape index (κ3) is 3.58. The van der Waals surface area contributed by atoms with Gasteiger partial charge in [0.05, 0.1) is 0 Å². The number of likely N-dealkylation sites (tertiary alicyclic amines) is 1. The van der Waals surface area contributed by atoms with Gasteiger partial charge in [-0.25, -0.2) is 0 Å². The third-order valence-electron chi connectivity index (χ3n) is 4.76. The molecule has 0 aliphatic carbocycles. The van der Waals surface area contributed by atoms with Gasteiger partial charge in [-0.05, 0) is 64.7 Å². The Bertz CT molecular complexity index is 370. The zero-order valence-electron chi connectivity index (χ0n) is 12.7. The van der Waals surface area contributed by atoms with Crippen molar-refractivity contribution in [2.24, 2.45) is 5.92 Å². The van der Waals surface area contributed by atoms with Crippen LogP contribution in [0.15, 0.2) is 30.3 Å². The van der Waals surface area contributed by atoms with Gasteiger partial charge in [-0.1, -0.05) is 30.3 Å². The molecule has 0 bridgehead atoms. The highest BCUT2D eigenvalue weighted by atomic mass is 15.2. The highest BCUT2D eigenvalue weighted by Crippen LogP contribution is 2.32. The Morgan fingerprint density at radius 2 is 2.00 bits per heavy atom. The lowest BCUT2D eigenvalue weighted by atomic mass is 9.79. The first-order chi connectivity index (χ1) is 9.14. The smallest absolute Gasteiger partial charge is 0.0193 e. The van der Waals surface area contributed by atoms with E-state index in [0.29, 0.717) is 5.54 Å². The van der Waals surface area contributed by atoms with Crippen LogP contribution >= 0.6 is 0 Å². The molecule has 2 heteroatoms. The third-order valence-corrected chi connectivity index (χ3v) is 4.76. The van der Waals surface area contributed by atoms with E-state index in [0.717, 1.165) is 18.9 Å². The molecule has 0 amide bonds. The maximum Gasteiger partial charge on any atom is 0.0193 e. The molecular weight excluding hydrogens is 232 g/mol. The van der Waals surface area contributed by atoms with Crippen LogP contribution in [0.5, 0.6) is 0 Å². The van der Waals surface area contributed by atoms with Gasteiger partial charge in [-0.3, -0.25) is 4.90 Å². The van der Waals surface area contributed by atoms with E-state index in [9.17, 15) is 0 Å². The second kappa shape index (κ2) is 6.53. The molecule has 2 rings (SSSR count). The lowest BCUT2D eigenvalue weighted by Gasteiger charge is -2.48. The molecule has 0 radical (unpaired) electrons. The molecule has 1 aromatic rings. The van der Waals surface area contributed by atoms with Crippen LogP contribution in [0.4, 0.5) is 0 Å². The van der Waals surface area contributed by atoms with E-state index >= 15 is 0 Å². The molecule has 0 saturated carbocycles. The van der Waals surface area contributed by atoms with Gasteiger partial charge >= 0.3 is 0 Å². The number of benzene rings is 1. The molecule has 1 fully saturated rings. The van der Waals surface area contributed by atoms with Gasteiger partial charge in [0.15, 0.2) is 0 Å². The summed E-state index contributed by atoms with van der Waals surface area (Å²) in [5.74, 6) is 0.766. The van der Waals surface area contributed by atoms with E-state index in [1.54, 1.807) is 0 Å². The largest absolute Gasteiger partial charge is 0.319 e. The molecule has 1 aliphatic heterocycles. The highest BCUT2D eigenvalue weighted by Gasteiger charge is 2.37. The van der Waals surface area contributed by atoms with Crippen molar-refractivity contribution in [2.75, 3.05) is 26.7 Å². The lowest BCUT2D eigenvalue weighted by Crippen LogP contribution is -2.55. The number of nitrogens with zero attached hydrogens (tertiary/aromatic N) is 1. The second-order valence-electron chi connectivity index (χ2n) is 6.27. The molecule has 0 aromatic heterocycles. The van der Waals surface area contributed by atoms with Crippen molar-refractivity contribution in [3.8, 4) is 0 Å². The van der Waals surface area contributed by atoms with E-state index in [-0.39, 0.29) is 0 Å². The lowest BCUT2D eigenvalue weighted by molar-refractivity contribution is 0.0239. The van der Waals surface area contributed by atoms with Crippen LogP contribution in [0.25, 0.3) is 0 Å². The van der Waals surface area contributed by atoms with Crippen molar-refractivity contribution >= 4 is 0 Å². The standard InChI is InChI=1S/C17H28N2/c1-17(2)16(14-18-3)10-7-12-19(17)13-11-15-8-5-4-6-9-15/h4-6,8-9,16,18H,7,10-14H2,1-3H3. The van der Waals surface area contributed by atoms with E-state index in [1.807, 2.05) is 0 Å². The summed E-state index contributed by atoms with van der Waals surface area (Å²) in [4.78, 5) is 2.69. The average molecular weight is 260 g/mol. The van der Waals surface area contributed by atoms with E-state index in [2.05, 4.69) is 61.4 Å². The van der Waals surface area contributed by atoms with Crippen molar-refractivity contribution in [1.29, 1.82) is 0 Å². The Morgan fingerprint density at radius 1 is 1.26 bits per heavy atom. The first kappa shape index (κ1) is 14.5. The second-order valence-corrected chi connectivity index (χ2v) is 6.27. The monoisotopic (exact) mass is 260 g/mol. The van der Waals surface area contributed by atoms with Gasteiger partial charge in [0.2, 0.25) is 0 Å². The van der Waals surface area contributed by atoms with Gasteiger partial charge in [-0.15, -0.1) is 0 Å². The normalized spacial score (nSPS) is 23.4. The van der Waals surface area contributed by atoms with Crippen molar-refractivity contribution < 1.29 is 0 Å². The summed E-state index contributed by atoms with van der Waals surface area (Å²) >= 11 is 0. The topological polar surface area (TPSA) is 15.3 Å². The SMILES string of the molecule is CNCC1CCCN(CCc2ccccc2)C1(C)C. The van der Waals surface area contributed by atoms with Crippen LogP contribution in [-0.4, -0.2) is 37.1 Å². The number of hydrogen-bond acceptors (Lipinski definition) is 2. The highest BCUT2D eigenvalue weighted by molar-refractivity contribution is 5.15. The molecule has 1 N–H and O–H groups in total. The predicted octanol–water partition coefficient (Wildman–Crippen LogP) is 2.94. The van der Waals surface area contributed by atoms with Gasteiger partial charge < -0.3 is 5.32 Å². The molecule has 1 aromatic carbocycles. The van der Waals surface area contributed by atoms with Crippen LogP contribution in [0, 0.1) is 5.92 Å². The molecule has 1 atom stereocenters. The summed E-state index contributed by atoms with van der Waals surface area (Å²) in [7, 11) is 2.07. The van der Waals surface area contributed by atoms with E-state index < -0.39 is 0 Å². The molecule has 106 valence electrons. The number of hydrogen-bond donors (Lipinski definition) is 1. The van der Waals surface area contributed by atoms with Gasteiger partial charge in [0, 0.05) is 12.1 Å². The zero-order valence-corrected chi connectivity index (χ0v) is 12.7. The quantitative estimate of drug-likeness (QED) is 0.875. The van der Waals surface area contributed by atoms with E-state index in [4.69, 9.17) is 0 Å². The Hall–Kier alpha value is -0.860. The maximum absolute atomic E-state index is 3.36. The summed E-state index contributed by atoms with van der Waals surface area (Å²) in [5.41, 5.74) is 1.77. The Balaban J connectivity index is 1.95. The summed E-state index contributed by atoms with van der Waals surface area (Å²) in [5, 5.41) is 3.36. The molecule has 1 aliphatic rings. The predicted molar refractivity (Wildman–Crippen MR) is 82.4 cm³/mol. The van der Waals surface area contributed by atoms with Gasteiger partial charge in [0.1, 0.15) is 0 Å². The summed E-state index contributed by atoms with van der Waals surface area (Å²) < 4.78 is 0. The molecule has 2 nitrogen and oxygen atoms in total. The molecule has 1 unspecified atom stereocenters. The molecular formula is C17H28N2. The number of nitrogens with one attached hydrogen (secondary N) is 1. The minimum atomic E-state index is 0.316. The summed E-state index contributed by atoms with van der Waals surface area (Å²) in [6.45, 7) is 8.39. The van der Waals surface area contributed by atoms with Crippen molar-refractivity contribution in [1.82, 2.24) is 10.2 Å².